The van der Waals surface area contributed by atoms with E-state index in [4.69, 9.17) is 4.74 Å². The molecular weight excluding hydrogens is 493 g/mol. The van der Waals surface area contributed by atoms with Crippen molar-refractivity contribution in [3.63, 3.8) is 0 Å². The average molecular weight is 529 g/mol. The van der Waals surface area contributed by atoms with E-state index < -0.39 is 10.0 Å². The molecule has 0 bridgehead atoms. The molecule has 0 aromatic rings. The number of ether oxygens (including phenoxy) is 1. The third-order valence-corrected chi connectivity index (χ3v) is 6.97. The lowest BCUT2D eigenvalue weighted by Crippen LogP contribution is -2.50. The summed E-state index contributed by atoms with van der Waals surface area (Å²) in [6.07, 6.45) is 8.05. The quantitative estimate of drug-likeness (QED) is 0.246. The van der Waals surface area contributed by atoms with E-state index in [0.717, 1.165) is 57.8 Å². The minimum atomic E-state index is -3.31. The van der Waals surface area contributed by atoms with Gasteiger partial charge in [-0.3, -0.25) is 4.99 Å². The highest BCUT2D eigenvalue weighted by Gasteiger charge is 2.31. The summed E-state index contributed by atoms with van der Waals surface area (Å²) in [4.78, 5) is 6.82. The van der Waals surface area contributed by atoms with Gasteiger partial charge in [-0.15, -0.1) is 24.0 Å². The molecule has 8 nitrogen and oxygen atoms in total. The van der Waals surface area contributed by atoms with Gasteiger partial charge in [-0.1, -0.05) is 0 Å². The van der Waals surface area contributed by atoms with Crippen molar-refractivity contribution in [2.75, 3.05) is 45.6 Å². The number of hydrogen-bond acceptors (Lipinski definition) is 5. The van der Waals surface area contributed by atoms with E-state index in [1.54, 1.807) is 7.05 Å². The number of piperidine rings is 1. The summed E-state index contributed by atoms with van der Waals surface area (Å²) >= 11 is 0. The van der Waals surface area contributed by atoms with Crippen LogP contribution in [-0.4, -0.2) is 83.1 Å². The highest BCUT2D eigenvalue weighted by molar-refractivity contribution is 14.0. The molecule has 0 aromatic carbocycles. The second kappa shape index (κ2) is 11.9. The number of nitrogens with zero attached hydrogens (tertiary/aromatic N) is 2. The number of guanidine groups is 1. The van der Waals surface area contributed by atoms with Crippen molar-refractivity contribution in [1.29, 1.82) is 0 Å². The lowest BCUT2D eigenvalue weighted by Gasteiger charge is -2.33. The normalized spacial score (nSPS) is 25.2. The van der Waals surface area contributed by atoms with Gasteiger partial charge in [0.05, 0.1) is 11.9 Å². The second-order valence-electron chi connectivity index (χ2n) is 7.84. The third-order valence-electron chi connectivity index (χ3n) is 5.63. The molecule has 2 saturated heterocycles. The van der Waals surface area contributed by atoms with Gasteiger partial charge in [0.1, 0.15) is 0 Å². The van der Waals surface area contributed by atoms with Crippen molar-refractivity contribution in [3.8, 4) is 0 Å². The largest absolute Gasteiger partial charge is 0.377 e. The van der Waals surface area contributed by atoms with Gasteiger partial charge in [-0.25, -0.2) is 13.1 Å². The molecule has 1 saturated carbocycles. The predicted octanol–water partition coefficient (Wildman–Crippen LogP) is 0.885. The van der Waals surface area contributed by atoms with Crippen LogP contribution in [0.5, 0.6) is 0 Å². The Morgan fingerprint density at radius 1 is 1.14 bits per heavy atom. The van der Waals surface area contributed by atoms with Gasteiger partial charge in [-0.2, -0.15) is 0 Å². The van der Waals surface area contributed by atoms with E-state index in [1.807, 2.05) is 0 Å². The van der Waals surface area contributed by atoms with Gasteiger partial charge < -0.3 is 20.3 Å². The van der Waals surface area contributed by atoms with Crippen LogP contribution in [0.3, 0.4) is 0 Å². The number of aliphatic imine (C=N–C) groups is 1. The van der Waals surface area contributed by atoms with Gasteiger partial charge in [0.2, 0.25) is 10.0 Å². The molecular formula is C18H36IN5O3S. The standard InChI is InChI=1S/C18H35N5O3S.HI/c1-19-18(22-15-7-10-23(11-8-15)16-5-6-16)20-9-13-27(24,25)21-14-17-4-2-3-12-26-17;/h15-17,21H,2-14H2,1H3,(H2,19,20,22);1H. The molecule has 0 aromatic heterocycles. The Morgan fingerprint density at radius 3 is 2.50 bits per heavy atom. The average Bonchev–Trinajstić information content (AvgIpc) is 3.52. The van der Waals surface area contributed by atoms with Crippen LogP contribution in [0.15, 0.2) is 4.99 Å². The lowest BCUT2D eigenvalue weighted by molar-refractivity contribution is 0.0200. The van der Waals surface area contributed by atoms with Crippen LogP contribution in [0.1, 0.15) is 44.9 Å². The Labute approximate surface area is 186 Å². The summed E-state index contributed by atoms with van der Waals surface area (Å²) in [6, 6.07) is 1.24. The zero-order valence-corrected chi connectivity index (χ0v) is 20.0. The molecule has 0 spiro atoms. The molecule has 3 N–H and O–H groups in total. The number of rotatable bonds is 8. The van der Waals surface area contributed by atoms with Crippen LogP contribution >= 0.6 is 24.0 Å². The lowest BCUT2D eigenvalue weighted by atomic mass is 10.1. The first-order chi connectivity index (χ1) is 13.1. The first-order valence-corrected chi connectivity index (χ1v) is 12.0. The minimum Gasteiger partial charge on any atom is -0.377 e. The van der Waals surface area contributed by atoms with E-state index in [2.05, 4.69) is 25.2 Å². The summed E-state index contributed by atoms with van der Waals surface area (Å²) in [7, 11) is -1.59. The molecule has 164 valence electrons. The Hall–Kier alpha value is -0.170. The number of sulfonamides is 1. The monoisotopic (exact) mass is 529 g/mol. The molecule has 28 heavy (non-hydrogen) atoms. The van der Waals surface area contributed by atoms with Crippen molar-refractivity contribution >= 4 is 40.0 Å². The minimum absolute atomic E-state index is 0. The highest BCUT2D eigenvalue weighted by atomic mass is 127. The molecule has 2 heterocycles. The molecule has 10 heteroatoms. The summed E-state index contributed by atoms with van der Waals surface area (Å²) in [5.41, 5.74) is 0. The van der Waals surface area contributed by atoms with Gasteiger partial charge in [0, 0.05) is 51.9 Å². The molecule has 2 aliphatic heterocycles. The van der Waals surface area contributed by atoms with Crippen LogP contribution in [0.4, 0.5) is 0 Å². The SMILES string of the molecule is CN=C(NCCS(=O)(=O)NCC1CCCCO1)NC1CCN(C2CC2)CC1.I. The smallest absolute Gasteiger partial charge is 0.213 e. The fourth-order valence-electron chi connectivity index (χ4n) is 3.80. The predicted molar refractivity (Wildman–Crippen MR) is 123 cm³/mol. The van der Waals surface area contributed by atoms with Gasteiger partial charge >= 0.3 is 0 Å². The van der Waals surface area contributed by atoms with Crippen molar-refractivity contribution in [2.45, 2.75) is 63.1 Å². The Bertz CT molecular complexity index is 586. The van der Waals surface area contributed by atoms with Crippen molar-refractivity contribution in [2.24, 2.45) is 4.99 Å². The fraction of sp³-hybridized carbons (Fsp3) is 0.944. The van der Waals surface area contributed by atoms with E-state index in [0.29, 0.717) is 25.1 Å². The van der Waals surface area contributed by atoms with Gasteiger partial charge in [0.15, 0.2) is 5.96 Å². The Morgan fingerprint density at radius 2 is 1.89 bits per heavy atom. The van der Waals surface area contributed by atoms with Crippen LogP contribution in [-0.2, 0) is 14.8 Å². The van der Waals surface area contributed by atoms with Gasteiger partial charge in [0.25, 0.3) is 0 Å². The summed E-state index contributed by atoms with van der Waals surface area (Å²) in [5.74, 6) is 0.714. The number of halogens is 1. The van der Waals surface area contributed by atoms with E-state index in [1.165, 1.54) is 12.8 Å². The molecule has 1 unspecified atom stereocenters. The van der Waals surface area contributed by atoms with E-state index >= 15 is 0 Å². The molecule has 0 radical (unpaired) electrons. The molecule has 3 aliphatic rings. The number of nitrogens with one attached hydrogen (secondary N) is 3. The highest BCUT2D eigenvalue weighted by Crippen LogP contribution is 2.29. The zero-order valence-electron chi connectivity index (χ0n) is 16.9. The summed E-state index contributed by atoms with van der Waals surface area (Å²) < 4.78 is 32.6. The van der Waals surface area contributed by atoms with E-state index in [9.17, 15) is 8.42 Å². The molecule has 0 amide bonds. The zero-order chi connectivity index (χ0) is 19.1. The van der Waals surface area contributed by atoms with Crippen molar-refractivity contribution < 1.29 is 13.2 Å². The van der Waals surface area contributed by atoms with Crippen molar-refractivity contribution in [1.82, 2.24) is 20.3 Å². The van der Waals surface area contributed by atoms with Crippen molar-refractivity contribution in [3.05, 3.63) is 0 Å². The van der Waals surface area contributed by atoms with Crippen LogP contribution in [0.25, 0.3) is 0 Å². The maximum absolute atomic E-state index is 12.2. The topological polar surface area (TPSA) is 95.1 Å². The first-order valence-electron chi connectivity index (χ1n) is 10.4. The summed E-state index contributed by atoms with van der Waals surface area (Å²) in [5, 5.41) is 6.56. The molecule has 1 aliphatic carbocycles. The Kier molecular flexibility index (Phi) is 10.2. The molecule has 3 fully saturated rings. The van der Waals surface area contributed by atoms with Crippen LogP contribution in [0, 0.1) is 0 Å². The third kappa shape index (κ3) is 8.29. The maximum Gasteiger partial charge on any atom is 0.213 e. The fourth-order valence-corrected chi connectivity index (χ4v) is 4.76. The number of hydrogen-bond donors (Lipinski definition) is 3. The maximum atomic E-state index is 12.2. The van der Waals surface area contributed by atoms with Crippen LogP contribution in [0.2, 0.25) is 0 Å². The van der Waals surface area contributed by atoms with Crippen LogP contribution < -0.4 is 15.4 Å². The van der Waals surface area contributed by atoms with Gasteiger partial charge in [-0.05, 0) is 44.9 Å². The summed E-state index contributed by atoms with van der Waals surface area (Å²) in [6.45, 7) is 3.72. The first kappa shape index (κ1) is 24.1. The van der Waals surface area contributed by atoms with E-state index in [-0.39, 0.29) is 35.8 Å². The molecule has 1 atom stereocenters. The second-order valence-corrected chi connectivity index (χ2v) is 9.77. The molecule has 3 rings (SSSR count). The Balaban J connectivity index is 0.00000280. The number of likely N-dealkylation sites (tertiary alicyclic amines) is 1.